The number of fused-ring (bicyclic) bond motifs is 1. The predicted molar refractivity (Wildman–Crippen MR) is 54.3 cm³/mol. The SMILES string of the molecule is Cc1ccc2c(n1)C(=S)CC=C2. The standard InChI is InChI=1S/C10H9NS/c1-7-5-6-8-3-2-4-9(12)10(8)11-7/h2-3,5-6H,4H2,1H3. The Labute approximate surface area is 77.1 Å². The fourth-order valence-corrected chi connectivity index (χ4v) is 1.57. The van der Waals surface area contributed by atoms with Gasteiger partial charge < -0.3 is 0 Å². The van der Waals surface area contributed by atoms with Crippen molar-refractivity contribution in [3.05, 3.63) is 35.2 Å². The third-order valence-corrected chi connectivity index (χ3v) is 2.29. The smallest absolute Gasteiger partial charge is 0.0847 e. The molecule has 2 heteroatoms. The molecule has 0 N–H and O–H groups in total. The van der Waals surface area contributed by atoms with Gasteiger partial charge in [0.15, 0.2) is 0 Å². The summed E-state index contributed by atoms with van der Waals surface area (Å²) in [6.45, 7) is 1.99. The normalized spacial score (nSPS) is 14.6. The molecular formula is C10H9NS. The maximum atomic E-state index is 5.21. The number of aryl methyl sites for hydroxylation is 1. The van der Waals surface area contributed by atoms with E-state index in [0.29, 0.717) is 0 Å². The van der Waals surface area contributed by atoms with Gasteiger partial charge in [0.05, 0.1) is 5.69 Å². The van der Waals surface area contributed by atoms with Gasteiger partial charge in [0.25, 0.3) is 0 Å². The van der Waals surface area contributed by atoms with E-state index in [1.165, 1.54) is 0 Å². The summed E-state index contributed by atoms with van der Waals surface area (Å²) in [7, 11) is 0. The maximum absolute atomic E-state index is 5.21. The van der Waals surface area contributed by atoms with E-state index in [-0.39, 0.29) is 0 Å². The molecule has 2 rings (SSSR count). The average Bonchev–Trinajstić information content (AvgIpc) is 2.07. The van der Waals surface area contributed by atoms with Crippen molar-refractivity contribution in [1.29, 1.82) is 0 Å². The van der Waals surface area contributed by atoms with Crippen molar-refractivity contribution in [2.75, 3.05) is 0 Å². The van der Waals surface area contributed by atoms with Gasteiger partial charge in [-0.1, -0.05) is 30.4 Å². The molecule has 0 radical (unpaired) electrons. The molecule has 12 heavy (non-hydrogen) atoms. The Morgan fingerprint density at radius 2 is 2.25 bits per heavy atom. The number of pyridine rings is 1. The fraction of sp³-hybridized carbons (Fsp3) is 0.200. The maximum Gasteiger partial charge on any atom is 0.0847 e. The fourth-order valence-electron chi connectivity index (χ4n) is 1.31. The zero-order valence-electron chi connectivity index (χ0n) is 6.87. The number of hydrogen-bond donors (Lipinski definition) is 0. The number of hydrogen-bond acceptors (Lipinski definition) is 2. The molecule has 1 aromatic heterocycles. The summed E-state index contributed by atoms with van der Waals surface area (Å²) >= 11 is 5.21. The summed E-state index contributed by atoms with van der Waals surface area (Å²) in [5.41, 5.74) is 3.18. The second-order valence-electron chi connectivity index (χ2n) is 2.92. The molecule has 1 aromatic rings. The zero-order chi connectivity index (χ0) is 8.55. The van der Waals surface area contributed by atoms with Crippen LogP contribution in [0.2, 0.25) is 0 Å². The third-order valence-electron chi connectivity index (χ3n) is 1.93. The van der Waals surface area contributed by atoms with Gasteiger partial charge in [-0.3, -0.25) is 4.98 Å². The Morgan fingerprint density at radius 1 is 1.42 bits per heavy atom. The lowest BCUT2D eigenvalue weighted by atomic mass is 10.0. The van der Waals surface area contributed by atoms with Crippen molar-refractivity contribution in [3.8, 4) is 0 Å². The molecule has 0 saturated heterocycles. The highest BCUT2D eigenvalue weighted by molar-refractivity contribution is 7.80. The summed E-state index contributed by atoms with van der Waals surface area (Å²) in [6.07, 6.45) is 5.03. The first-order valence-electron chi connectivity index (χ1n) is 3.95. The molecule has 0 aromatic carbocycles. The number of allylic oxidation sites excluding steroid dienone is 1. The summed E-state index contributed by atoms with van der Waals surface area (Å²) in [4.78, 5) is 5.36. The molecule has 0 spiro atoms. The minimum Gasteiger partial charge on any atom is -0.252 e. The van der Waals surface area contributed by atoms with Crippen LogP contribution in [0.5, 0.6) is 0 Å². The first kappa shape index (κ1) is 7.62. The van der Waals surface area contributed by atoms with Crippen molar-refractivity contribution in [1.82, 2.24) is 4.98 Å². The lowest BCUT2D eigenvalue weighted by Crippen LogP contribution is -2.06. The highest BCUT2D eigenvalue weighted by Crippen LogP contribution is 2.17. The molecular weight excluding hydrogens is 166 g/mol. The third kappa shape index (κ3) is 1.18. The van der Waals surface area contributed by atoms with Crippen LogP contribution in [-0.4, -0.2) is 9.85 Å². The number of thiocarbonyl (C=S) groups is 1. The monoisotopic (exact) mass is 175 g/mol. The first-order chi connectivity index (χ1) is 5.77. The molecule has 0 bridgehead atoms. The van der Waals surface area contributed by atoms with Crippen LogP contribution in [0, 0.1) is 6.92 Å². The van der Waals surface area contributed by atoms with Crippen molar-refractivity contribution < 1.29 is 0 Å². The largest absolute Gasteiger partial charge is 0.252 e. The van der Waals surface area contributed by atoms with Crippen LogP contribution in [0.1, 0.15) is 23.4 Å². The molecule has 1 nitrogen and oxygen atoms in total. The molecule has 0 unspecified atom stereocenters. The first-order valence-corrected chi connectivity index (χ1v) is 4.35. The van der Waals surface area contributed by atoms with Gasteiger partial charge in [-0.15, -0.1) is 0 Å². The van der Waals surface area contributed by atoms with Gasteiger partial charge in [-0.05, 0) is 13.0 Å². The van der Waals surface area contributed by atoms with Gasteiger partial charge in [-0.25, -0.2) is 0 Å². The minimum atomic E-state index is 0.860. The van der Waals surface area contributed by atoms with Crippen molar-refractivity contribution in [2.45, 2.75) is 13.3 Å². The van der Waals surface area contributed by atoms with Gasteiger partial charge in [-0.2, -0.15) is 0 Å². The molecule has 0 saturated carbocycles. The van der Waals surface area contributed by atoms with Crippen molar-refractivity contribution in [3.63, 3.8) is 0 Å². The number of nitrogens with zero attached hydrogens (tertiary/aromatic N) is 1. The minimum absolute atomic E-state index is 0.860. The van der Waals surface area contributed by atoms with Crippen molar-refractivity contribution in [2.24, 2.45) is 0 Å². The molecule has 0 fully saturated rings. The molecule has 0 atom stereocenters. The predicted octanol–water partition coefficient (Wildman–Crippen LogP) is 2.52. The Morgan fingerprint density at radius 3 is 3.08 bits per heavy atom. The van der Waals surface area contributed by atoms with Crippen LogP contribution >= 0.6 is 12.2 Å². The van der Waals surface area contributed by atoms with Gasteiger partial charge in [0.1, 0.15) is 0 Å². The van der Waals surface area contributed by atoms with Crippen LogP contribution in [-0.2, 0) is 0 Å². The Bertz CT molecular complexity index is 366. The quantitative estimate of drug-likeness (QED) is 0.562. The van der Waals surface area contributed by atoms with E-state index < -0.39 is 0 Å². The number of aromatic nitrogens is 1. The van der Waals surface area contributed by atoms with Crippen LogP contribution in [0.15, 0.2) is 18.2 Å². The topological polar surface area (TPSA) is 12.9 Å². The molecule has 0 amide bonds. The van der Waals surface area contributed by atoms with Crippen LogP contribution in [0.3, 0.4) is 0 Å². The lowest BCUT2D eigenvalue weighted by molar-refractivity contribution is 1.16. The zero-order valence-corrected chi connectivity index (χ0v) is 7.69. The lowest BCUT2D eigenvalue weighted by Gasteiger charge is -2.10. The second-order valence-corrected chi connectivity index (χ2v) is 3.41. The van der Waals surface area contributed by atoms with E-state index in [4.69, 9.17) is 12.2 Å². The molecule has 1 aliphatic rings. The Balaban J connectivity index is 2.63. The molecule has 1 aliphatic carbocycles. The van der Waals surface area contributed by atoms with E-state index in [9.17, 15) is 0 Å². The molecule has 0 aliphatic heterocycles. The summed E-state index contributed by atoms with van der Waals surface area (Å²) in [6, 6.07) is 4.08. The second kappa shape index (κ2) is 2.79. The molecule has 1 heterocycles. The summed E-state index contributed by atoms with van der Waals surface area (Å²) < 4.78 is 0. The van der Waals surface area contributed by atoms with Gasteiger partial charge in [0, 0.05) is 22.5 Å². The van der Waals surface area contributed by atoms with E-state index in [2.05, 4.69) is 23.2 Å². The van der Waals surface area contributed by atoms with Crippen LogP contribution in [0.4, 0.5) is 0 Å². The number of rotatable bonds is 0. The highest BCUT2D eigenvalue weighted by Gasteiger charge is 2.10. The van der Waals surface area contributed by atoms with Crippen LogP contribution in [0.25, 0.3) is 6.08 Å². The van der Waals surface area contributed by atoms with E-state index in [1.54, 1.807) is 0 Å². The van der Waals surface area contributed by atoms with Crippen molar-refractivity contribution >= 4 is 23.2 Å². The van der Waals surface area contributed by atoms with Gasteiger partial charge >= 0.3 is 0 Å². The van der Waals surface area contributed by atoms with Gasteiger partial charge in [0.2, 0.25) is 0 Å². The van der Waals surface area contributed by atoms with E-state index in [0.717, 1.165) is 28.2 Å². The summed E-state index contributed by atoms with van der Waals surface area (Å²) in [5.74, 6) is 0. The molecule has 60 valence electrons. The highest BCUT2D eigenvalue weighted by atomic mass is 32.1. The van der Waals surface area contributed by atoms with E-state index in [1.807, 2.05) is 13.0 Å². The Kier molecular flexibility index (Phi) is 1.77. The van der Waals surface area contributed by atoms with Crippen LogP contribution < -0.4 is 0 Å². The Hall–Kier alpha value is -1.02. The van der Waals surface area contributed by atoms with E-state index >= 15 is 0 Å². The summed E-state index contributed by atoms with van der Waals surface area (Å²) in [5, 5.41) is 0. The average molecular weight is 175 g/mol.